The molecule has 0 spiro atoms. The van der Waals surface area contributed by atoms with E-state index in [1.54, 1.807) is 29.7 Å². The molecule has 0 saturated heterocycles. The first-order valence-electron chi connectivity index (χ1n) is 8.08. The first-order valence-corrected chi connectivity index (χ1v) is 10.3. The highest BCUT2D eigenvalue weighted by molar-refractivity contribution is 7.99. The molecule has 0 bridgehead atoms. The zero-order valence-corrected chi connectivity index (χ0v) is 16.8. The van der Waals surface area contributed by atoms with Gasteiger partial charge in [-0.1, -0.05) is 36.7 Å². The van der Waals surface area contributed by atoms with Gasteiger partial charge in [-0.3, -0.25) is 4.79 Å². The summed E-state index contributed by atoms with van der Waals surface area (Å²) in [6.07, 6.45) is 3.77. The molecule has 9 heteroatoms. The van der Waals surface area contributed by atoms with Gasteiger partial charge in [0, 0.05) is 29.1 Å². The molecular weight excluding hydrogens is 390 g/mol. The van der Waals surface area contributed by atoms with Crippen LogP contribution >= 0.6 is 34.7 Å². The quantitative estimate of drug-likeness (QED) is 0.467. The van der Waals surface area contributed by atoms with Crippen LogP contribution in [0.5, 0.6) is 0 Å². The van der Waals surface area contributed by atoms with Gasteiger partial charge in [0.25, 0.3) is 0 Å². The minimum absolute atomic E-state index is 0.171. The average molecular weight is 408 g/mol. The molecule has 0 aliphatic carbocycles. The third-order valence-electron chi connectivity index (χ3n) is 3.61. The first-order chi connectivity index (χ1) is 12.6. The summed E-state index contributed by atoms with van der Waals surface area (Å²) >= 11 is 9.02. The minimum atomic E-state index is -0.171. The maximum absolute atomic E-state index is 12.1. The normalized spacial score (nSPS) is 10.9. The minimum Gasteiger partial charge on any atom is -0.323 e. The summed E-state index contributed by atoms with van der Waals surface area (Å²) in [5, 5.41) is 14.3. The second kappa shape index (κ2) is 8.66. The molecule has 6 nitrogen and oxygen atoms in total. The van der Waals surface area contributed by atoms with Crippen molar-refractivity contribution in [2.24, 2.45) is 7.05 Å². The molecule has 3 aromatic heterocycles. The predicted molar refractivity (Wildman–Crippen MR) is 107 cm³/mol. The van der Waals surface area contributed by atoms with Crippen LogP contribution in [-0.4, -0.2) is 31.4 Å². The summed E-state index contributed by atoms with van der Waals surface area (Å²) in [4.78, 5) is 17.4. The Labute approximate surface area is 165 Å². The van der Waals surface area contributed by atoms with Crippen LogP contribution in [0.2, 0.25) is 5.15 Å². The number of aryl methyl sites for hydroxylation is 1. The molecule has 3 rings (SSSR count). The van der Waals surface area contributed by atoms with Crippen LogP contribution < -0.4 is 5.32 Å². The topological polar surface area (TPSA) is 72.7 Å². The van der Waals surface area contributed by atoms with Gasteiger partial charge in [-0.25, -0.2) is 4.98 Å². The number of rotatable bonds is 7. The molecule has 0 aliphatic rings. The number of hydrogen-bond donors (Lipinski definition) is 1. The number of carbonyl (C=O) groups is 1. The lowest BCUT2D eigenvalue weighted by Gasteiger charge is -2.06. The molecule has 0 fully saturated rings. The molecule has 0 saturated carbocycles. The summed E-state index contributed by atoms with van der Waals surface area (Å²) < 4.78 is 1.91. The van der Waals surface area contributed by atoms with E-state index < -0.39 is 0 Å². The van der Waals surface area contributed by atoms with Crippen molar-refractivity contribution < 1.29 is 4.79 Å². The Balaban J connectivity index is 1.63. The Morgan fingerprint density at radius 1 is 1.42 bits per heavy atom. The van der Waals surface area contributed by atoms with Crippen molar-refractivity contribution in [3.63, 3.8) is 0 Å². The van der Waals surface area contributed by atoms with Gasteiger partial charge in [-0.05, 0) is 24.6 Å². The number of pyridine rings is 1. The highest BCUT2D eigenvalue weighted by Gasteiger charge is 2.14. The van der Waals surface area contributed by atoms with E-state index in [9.17, 15) is 4.79 Å². The van der Waals surface area contributed by atoms with Gasteiger partial charge >= 0.3 is 0 Å². The Bertz CT molecular complexity index is 908. The highest BCUT2D eigenvalue weighted by atomic mass is 35.5. The Hall–Kier alpha value is -1.90. The molecule has 136 valence electrons. The fraction of sp³-hybridized carbons (Fsp3) is 0.294. The molecular formula is C17H18ClN5OS2. The Kier molecular flexibility index (Phi) is 6.29. The number of anilines is 1. The zero-order chi connectivity index (χ0) is 18.5. The van der Waals surface area contributed by atoms with Gasteiger partial charge < -0.3 is 9.88 Å². The van der Waals surface area contributed by atoms with Gasteiger partial charge in [-0.15, -0.1) is 21.5 Å². The van der Waals surface area contributed by atoms with Gasteiger partial charge in [0.1, 0.15) is 0 Å². The van der Waals surface area contributed by atoms with E-state index in [0.29, 0.717) is 10.8 Å². The summed E-state index contributed by atoms with van der Waals surface area (Å²) in [5.41, 5.74) is 1.56. The number of thioether (sulfide) groups is 1. The van der Waals surface area contributed by atoms with E-state index >= 15 is 0 Å². The van der Waals surface area contributed by atoms with E-state index in [1.807, 2.05) is 11.6 Å². The van der Waals surface area contributed by atoms with Crippen LogP contribution in [0.1, 0.15) is 18.2 Å². The monoisotopic (exact) mass is 407 g/mol. The van der Waals surface area contributed by atoms with Gasteiger partial charge in [0.05, 0.1) is 11.4 Å². The lowest BCUT2D eigenvalue weighted by atomic mass is 10.2. The number of hydrogen-bond acceptors (Lipinski definition) is 6. The molecule has 0 aromatic carbocycles. The van der Waals surface area contributed by atoms with E-state index in [1.165, 1.54) is 16.6 Å². The van der Waals surface area contributed by atoms with Crippen LogP contribution in [0.4, 0.5) is 5.69 Å². The number of nitrogens with one attached hydrogen (secondary N) is 1. The summed E-state index contributed by atoms with van der Waals surface area (Å²) in [7, 11) is 1.91. The number of thiophene rings is 1. The van der Waals surface area contributed by atoms with Gasteiger partial charge in [0.2, 0.25) is 5.91 Å². The third kappa shape index (κ3) is 4.44. The average Bonchev–Trinajstić information content (AvgIpc) is 3.22. The number of carbonyl (C=O) groups excluding carboxylic acids is 1. The van der Waals surface area contributed by atoms with E-state index in [4.69, 9.17) is 11.6 Å². The SMILES string of the molecule is CCCc1cc(-c2nnc(SCC(=O)Nc3cccnc3Cl)n2C)cs1. The van der Waals surface area contributed by atoms with E-state index in [0.717, 1.165) is 24.2 Å². The molecule has 1 N–H and O–H groups in total. The number of nitrogens with zero attached hydrogens (tertiary/aromatic N) is 4. The van der Waals surface area contributed by atoms with Crippen molar-refractivity contribution in [1.29, 1.82) is 0 Å². The molecule has 1 amide bonds. The standard InChI is InChI=1S/C17H18ClN5OS2/c1-3-5-12-8-11(9-25-12)16-21-22-17(23(16)2)26-10-14(24)20-13-6-4-7-19-15(13)18/h4,6-9H,3,5,10H2,1-2H3,(H,20,24). The molecule has 3 aromatic rings. The molecule has 3 heterocycles. The number of aromatic nitrogens is 4. The molecule has 0 aliphatic heterocycles. The van der Waals surface area contributed by atoms with Crippen LogP contribution in [0, 0.1) is 0 Å². The summed E-state index contributed by atoms with van der Waals surface area (Å²) in [5.74, 6) is 0.846. The number of amides is 1. The fourth-order valence-corrected chi connectivity index (χ4v) is 4.21. The van der Waals surface area contributed by atoms with E-state index in [-0.39, 0.29) is 16.8 Å². The Morgan fingerprint density at radius 3 is 3.04 bits per heavy atom. The smallest absolute Gasteiger partial charge is 0.234 e. The first kappa shape index (κ1) is 18.9. The zero-order valence-electron chi connectivity index (χ0n) is 14.4. The van der Waals surface area contributed by atoms with Crippen molar-refractivity contribution in [2.75, 3.05) is 11.1 Å². The molecule has 26 heavy (non-hydrogen) atoms. The van der Waals surface area contributed by atoms with Crippen LogP contribution in [0.25, 0.3) is 11.4 Å². The maximum atomic E-state index is 12.1. The Morgan fingerprint density at radius 2 is 2.27 bits per heavy atom. The second-order valence-corrected chi connectivity index (χ2v) is 7.89. The van der Waals surface area contributed by atoms with Crippen LogP contribution in [-0.2, 0) is 18.3 Å². The van der Waals surface area contributed by atoms with Crippen molar-refractivity contribution in [1.82, 2.24) is 19.7 Å². The lowest BCUT2D eigenvalue weighted by molar-refractivity contribution is -0.113. The van der Waals surface area contributed by atoms with E-state index in [2.05, 4.69) is 38.9 Å². The van der Waals surface area contributed by atoms with Gasteiger partial charge in [0.15, 0.2) is 16.1 Å². The van der Waals surface area contributed by atoms with Crippen molar-refractivity contribution >= 4 is 46.3 Å². The predicted octanol–water partition coefficient (Wildman–Crippen LogP) is 4.28. The lowest BCUT2D eigenvalue weighted by Crippen LogP contribution is -2.15. The van der Waals surface area contributed by atoms with Crippen molar-refractivity contribution in [3.8, 4) is 11.4 Å². The molecule has 0 radical (unpaired) electrons. The summed E-state index contributed by atoms with van der Waals surface area (Å²) in [6.45, 7) is 2.17. The second-order valence-electron chi connectivity index (χ2n) is 5.60. The fourth-order valence-electron chi connectivity index (χ4n) is 2.36. The van der Waals surface area contributed by atoms with Crippen LogP contribution in [0.15, 0.2) is 34.9 Å². The molecule has 0 unspecified atom stereocenters. The number of halogens is 1. The summed E-state index contributed by atoms with van der Waals surface area (Å²) in [6, 6.07) is 5.59. The third-order valence-corrected chi connectivity index (χ3v) is 5.93. The molecule has 0 atom stereocenters. The maximum Gasteiger partial charge on any atom is 0.234 e. The highest BCUT2D eigenvalue weighted by Crippen LogP contribution is 2.27. The van der Waals surface area contributed by atoms with Gasteiger partial charge in [-0.2, -0.15) is 0 Å². The largest absolute Gasteiger partial charge is 0.323 e. The van der Waals surface area contributed by atoms with Crippen LogP contribution in [0.3, 0.4) is 0 Å². The van der Waals surface area contributed by atoms with Crippen molar-refractivity contribution in [3.05, 3.63) is 39.8 Å². The van der Waals surface area contributed by atoms with Crippen molar-refractivity contribution in [2.45, 2.75) is 24.9 Å².